The Hall–Kier alpha value is -1.92. The zero-order chi connectivity index (χ0) is 17.7. The minimum atomic E-state index is -0.463. The van der Waals surface area contributed by atoms with Crippen molar-refractivity contribution in [3.05, 3.63) is 29.8 Å². The van der Waals surface area contributed by atoms with Gasteiger partial charge < -0.3 is 19.3 Å². The van der Waals surface area contributed by atoms with Gasteiger partial charge in [0, 0.05) is 38.2 Å². The highest BCUT2D eigenvalue weighted by molar-refractivity contribution is 6.02. The van der Waals surface area contributed by atoms with Crippen LogP contribution in [0.4, 0.5) is 5.69 Å². The Balaban J connectivity index is 1.20. The predicted octanol–water partition coefficient (Wildman–Crippen LogP) is 1.58. The van der Waals surface area contributed by atoms with Crippen LogP contribution in [-0.4, -0.2) is 55.3 Å². The molecular weight excluding hydrogens is 332 g/mol. The molecule has 5 rings (SSSR count). The number of amides is 2. The third-order valence-corrected chi connectivity index (χ3v) is 6.23. The molecule has 4 aliphatic rings. The van der Waals surface area contributed by atoms with Crippen LogP contribution in [0.2, 0.25) is 0 Å². The fourth-order valence-corrected chi connectivity index (χ4v) is 4.60. The average molecular weight is 356 g/mol. The van der Waals surface area contributed by atoms with E-state index in [0.717, 1.165) is 31.5 Å². The molecule has 2 unspecified atom stereocenters. The number of piperidine rings is 1. The second kappa shape index (κ2) is 6.06. The number of carbonyl (C=O) groups is 2. The van der Waals surface area contributed by atoms with Gasteiger partial charge in [-0.3, -0.25) is 9.59 Å². The first-order valence-corrected chi connectivity index (χ1v) is 9.63. The minimum Gasteiger partial charge on any atom is -0.347 e. The van der Waals surface area contributed by atoms with E-state index in [-0.39, 0.29) is 23.7 Å². The number of para-hydroxylation sites is 1. The van der Waals surface area contributed by atoms with Crippen molar-refractivity contribution in [2.75, 3.05) is 37.7 Å². The summed E-state index contributed by atoms with van der Waals surface area (Å²) in [5.41, 5.74) is 2.24. The van der Waals surface area contributed by atoms with Crippen molar-refractivity contribution in [3.8, 4) is 0 Å². The van der Waals surface area contributed by atoms with Gasteiger partial charge in [0.1, 0.15) is 0 Å². The van der Waals surface area contributed by atoms with Gasteiger partial charge in [0.25, 0.3) is 0 Å². The number of rotatable bonds is 2. The van der Waals surface area contributed by atoms with Crippen molar-refractivity contribution in [1.29, 1.82) is 0 Å². The third-order valence-electron chi connectivity index (χ3n) is 6.23. The van der Waals surface area contributed by atoms with Crippen molar-refractivity contribution in [3.63, 3.8) is 0 Å². The van der Waals surface area contributed by atoms with Gasteiger partial charge in [0.15, 0.2) is 5.79 Å². The van der Waals surface area contributed by atoms with Crippen molar-refractivity contribution in [1.82, 2.24) is 4.90 Å². The van der Waals surface area contributed by atoms with E-state index < -0.39 is 5.79 Å². The van der Waals surface area contributed by atoms with E-state index in [9.17, 15) is 9.59 Å². The molecule has 3 aliphatic heterocycles. The summed E-state index contributed by atoms with van der Waals surface area (Å²) in [6, 6.07) is 8.06. The summed E-state index contributed by atoms with van der Waals surface area (Å²) >= 11 is 0. The van der Waals surface area contributed by atoms with Gasteiger partial charge in [-0.25, -0.2) is 0 Å². The Labute approximate surface area is 153 Å². The molecule has 2 saturated heterocycles. The summed E-state index contributed by atoms with van der Waals surface area (Å²) < 4.78 is 11.4. The molecule has 0 bridgehead atoms. The van der Waals surface area contributed by atoms with Crippen LogP contribution in [0.5, 0.6) is 0 Å². The second-order valence-electron chi connectivity index (χ2n) is 7.75. The highest BCUT2D eigenvalue weighted by Gasteiger charge is 2.52. The predicted molar refractivity (Wildman–Crippen MR) is 94.5 cm³/mol. The summed E-state index contributed by atoms with van der Waals surface area (Å²) in [7, 11) is 0. The maximum atomic E-state index is 12.9. The Bertz CT molecular complexity index is 733. The molecule has 6 nitrogen and oxygen atoms in total. The summed E-state index contributed by atoms with van der Waals surface area (Å²) in [5.74, 6) is -0.513. The highest BCUT2D eigenvalue weighted by Crippen LogP contribution is 2.44. The van der Waals surface area contributed by atoms with Crippen LogP contribution < -0.4 is 4.90 Å². The number of fused-ring (bicyclic) bond motifs is 1. The Morgan fingerprint density at radius 3 is 2.42 bits per heavy atom. The van der Waals surface area contributed by atoms with Crippen LogP contribution in [0.3, 0.4) is 0 Å². The molecule has 1 aromatic carbocycles. The van der Waals surface area contributed by atoms with Crippen molar-refractivity contribution < 1.29 is 19.1 Å². The summed E-state index contributed by atoms with van der Waals surface area (Å²) in [4.78, 5) is 29.5. The number of nitrogens with zero attached hydrogens (tertiary/aromatic N) is 2. The zero-order valence-electron chi connectivity index (χ0n) is 14.9. The fourth-order valence-electron chi connectivity index (χ4n) is 4.60. The van der Waals surface area contributed by atoms with Crippen molar-refractivity contribution >= 4 is 17.5 Å². The summed E-state index contributed by atoms with van der Waals surface area (Å²) in [6.07, 6.45) is 3.04. The fraction of sp³-hybridized carbons (Fsp3) is 0.600. The van der Waals surface area contributed by atoms with Gasteiger partial charge in [-0.1, -0.05) is 18.2 Å². The standard InChI is InChI=1S/C20H24N2O4/c23-18(21-9-6-20(7-10-21)25-11-12-26-20)15-13-16(15)19(24)22-8-5-14-3-1-2-4-17(14)22/h1-4,15-16H,5-13H2. The monoisotopic (exact) mass is 356 g/mol. The van der Waals surface area contributed by atoms with E-state index >= 15 is 0 Å². The SMILES string of the molecule is O=C(C1CC1C(=O)N1CCc2ccccc21)N1CCC2(CC1)OCCO2. The van der Waals surface area contributed by atoms with E-state index in [1.54, 1.807) is 0 Å². The number of hydrogen-bond acceptors (Lipinski definition) is 4. The Morgan fingerprint density at radius 2 is 1.65 bits per heavy atom. The lowest BCUT2D eigenvalue weighted by Crippen LogP contribution is -2.48. The first kappa shape index (κ1) is 16.3. The molecule has 1 aliphatic carbocycles. The van der Waals surface area contributed by atoms with E-state index in [4.69, 9.17) is 9.47 Å². The van der Waals surface area contributed by atoms with Crippen LogP contribution in [-0.2, 0) is 25.5 Å². The second-order valence-corrected chi connectivity index (χ2v) is 7.75. The largest absolute Gasteiger partial charge is 0.347 e. The quantitative estimate of drug-likeness (QED) is 0.807. The number of anilines is 1. The molecule has 3 fully saturated rings. The molecule has 3 heterocycles. The average Bonchev–Trinajstić information content (AvgIpc) is 3.16. The van der Waals surface area contributed by atoms with E-state index in [2.05, 4.69) is 6.07 Å². The van der Waals surface area contributed by atoms with Gasteiger partial charge in [-0.05, 0) is 24.5 Å². The van der Waals surface area contributed by atoms with Crippen LogP contribution in [0, 0.1) is 11.8 Å². The molecule has 138 valence electrons. The topological polar surface area (TPSA) is 59.1 Å². The number of ether oxygens (including phenoxy) is 2. The maximum Gasteiger partial charge on any atom is 0.230 e. The first-order valence-electron chi connectivity index (χ1n) is 9.63. The minimum absolute atomic E-state index is 0.115. The van der Waals surface area contributed by atoms with Crippen LogP contribution in [0.15, 0.2) is 24.3 Å². The van der Waals surface area contributed by atoms with Gasteiger partial charge in [-0.15, -0.1) is 0 Å². The molecule has 1 spiro atoms. The lowest BCUT2D eigenvalue weighted by Gasteiger charge is -2.37. The molecule has 2 amide bonds. The molecule has 1 saturated carbocycles. The van der Waals surface area contributed by atoms with E-state index in [1.807, 2.05) is 28.0 Å². The van der Waals surface area contributed by atoms with Gasteiger partial charge >= 0.3 is 0 Å². The van der Waals surface area contributed by atoms with Crippen molar-refractivity contribution in [2.45, 2.75) is 31.5 Å². The first-order chi connectivity index (χ1) is 12.7. The van der Waals surface area contributed by atoms with E-state index in [0.29, 0.717) is 32.7 Å². The van der Waals surface area contributed by atoms with Gasteiger partial charge in [0.05, 0.1) is 25.0 Å². The molecule has 26 heavy (non-hydrogen) atoms. The molecule has 6 heteroatoms. The third kappa shape index (κ3) is 2.63. The molecule has 0 aromatic heterocycles. The summed E-state index contributed by atoms with van der Waals surface area (Å²) in [5, 5.41) is 0. The van der Waals surface area contributed by atoms with Crippen molar-refractivity contribution in [2.24, 2.45) is 11.8 Å². The number of benzene rings is 1. The lowest BCUT2D eigenvalue weighted by atomic mass is 10.0. The normalized spacial score (nSPS) is 29.1. The van der Waals surface area contributed by atoms with Crippen LogP contribution >= 0.6 is 0 Å². The molecular formula is C20H24N2O4. The summed E-state index contributed by atoms with van der Waals surface area (Å²) in [6.45, 7) is 3.33. The number of hydrogen-bond donors (Lipinski definition) is 0. The smallest absolute Gasteiger partial charge is 0.230 e. The Kier molecular flexibility index (Phi) is 3.79. The molecule has 2 atom stereocenters. The molecule has 0 N–H and O–H groups in total. The Morgan fingerprint density at radius 1 is 0.962 bits per heavy atom. The zero-order valence-corrected chi connectivity index (χ0v) is 14.9. The van der Waals surface area contributed by atoms with Gasteiger partial charge in [0.2, 0.25) is 11.8 Å². The number of likely N-dealkylation sites (tertiary alicyclic amines) is 1. The lowest BCUT2D eigenvalue weighted by molar-refractivity contribution is -0.187. The highest BCUT2D eigenvalue weighted by atomic mass is 16.7. The van der Waals surface area contributed by atoms with E-state index in [1.165, 1.54) is 5.56 Å². The maximum absolute atomic E-state index is 12.9. The van der Waals surface area contributed by atoms with Crippen LogP contribution in [0.25, 0.3) is 0 Å². The molecule has 1 aromatic rings. The number of carbonyl (C=O) groups excluding carboxylic acids is 2. The molecule has 0 radical (unpaired) electrons. The van der Waals surface area contributed by atoms with Gasteiger partial charge in [-0.2, -0.15) is 0 Å². The van der Waals surface area contributed by atoms with Crippen LogP contribution in [0.1, 0.15) is 24.8 Å².